The molecule has 11 heteroatoms. The number of fused-ring (bicyclic) bond motifs is 1. The molecule has 1 amide bonds. The average Bonchev–Trinajstić information content (AvgIpc) is 3.55. The minimum atomic E-state index is -0.124. The molecule has 7 nitrogen and oxygen atoms in total. The summed E-state index contributed by atoms with van der Waals surface area (Å²) in [6.07, 6.45) is 3.15. The van der Waals surface area contributed by atoms with Crippen LogP contribution in [-0.2, 0) is 17.8 Å². The van der Waals surface area contributed by atoms with Gasteiger partial charge < -0.3 is 14.6 Å². The number of rotatable bonds is 12. The Labute approximate surface area is 256 Å². The number of carbonyl (C=O) groups is 1. The minimum absolute atomic E-state index is 0.124. The maximum absolute atomic E-state index is 12.7. The molecule has 0 saturated heterocycles. The summed E-state index contributed by atoms with van der Waals surface area (Å²) in [5.41, 5.74) is 3.95. The van der Waals surface area contributed by atoms with E-state index in [1.165, 1.54) is 17.3 Å². The molecule has 0 fully saturated rings. The van der Waals surface area contributed by atoms with Gasteiger partial charge in [0.25, 0.3) is 0 Å². The first-order chi connectivity index (χ1) is 19.9. The molecule has 5 aromatic rings. The average molecular weight is 625 g/mol. The lowest BCUT2D eigenvalue weighted by Crippen LogP contribution is -2.14. The summed E-state index contributed by atoms with van der Waals surface area (Å²) in [6.45, 7) is 6.93. The standard InChI is InChI=1S/C30H27Cl2N5O2S2/c1-3-14-37-27(5-4-15-39-25-13-9-21(31)17-23(25)32)35-36-30(37)40-18-28(38)33-22-10-7-20(8-11-22)29-34-24-12-6-19(2)16-26(24)41-29/h3,6-13,16-17H,1,4-5,14-15,18H2,2H3,(H,33,38). The highest BCUT2D eigenvalue weighted by Gasteiger charge is 2.14. The molecule has 210 valence electrons. The summed E-state index contributed by atoms with van der Waals surface area (Å²) in [6, 6.07) is 19.2. The summed E-state index contributed by atoms with van der Waals surface area (Å²) in [7, 11) is 0. The number of halogens is 2. The summed E-state index contributed by atoms with van der Waals surface area (Å²) >= 11 is 15.1. The van der Waals surface area contributed by atoms with E-state index in [0.29, 0.717) is 46.9 Å². The molecule has 0 aliphatic carbocycles. The first-order valence-corrected chi connectivity index (χ1v) is 15.5. The summed E-state index contributed by atoms with van der Waals surface area (Å²) < 4.78 is 8.91. The van der Waals surface area contributed by atoms with Crippen LogP contribution in [0.25, 0.3) is 20.8 Å². The van der Waals surface area contributed by atoms with Crippen LogP contribution in [0.15, 0.2) is 78.5 Å². The lowest BCUT2D eigenvalue weighted by atomic mass is 10.2. The third kappa shape index (κ3) is 7.48. The van der Waals surface area contributed by atoms with Gasteiger partial charge in [-0.2, -0.15) is 0 Å². The number of carbonyl (C=O) groups excluding carboxylic acids is 1. The van der Waals surface area contributed by atoms with Gasteiger partial charge in [-0.25, -0.2) is 4.98 Å². The smallest absolute Gasteiger partial charge is 0.234 e. The van der Waals surface area contributed by atoms with Gasteiger partial charge in [0.2, 0.25) is 5.91 Å². The summed E-state index contributed by atoms with van der Waals surface area (Å²) in [4.78, 5) is 17.4. The Balaban J connectivity index is 1.13. The normalized spacial score (nSPS) is 11.1. The molecule has 0 aliphatic heterocycles. The van der Waals surface area contributed by atoms with Gasteiger partial charge in [-0.1, -0.05) is 47.1 Å². The topological polar surface area (TPSA) is 81.9 Å². The summed E-state index contributed by atoms with van der Waals surface area (Å²) in [5.74, 6) is 1.47. The van der Waals surface area contributed by atoms with Crippen molar-refractivity contribution in [2.24, 2.45) is 0 Å². The Hall–Kier alpha value is -3.37. The van der Waals surface area contributed by atoms with Crippen LogP contribution < -0.4 is 10.1 Å². The van der Waals surface area contributed by atoms with E-state index in [4.69, 9.17) is 32.9 Å². The fourth-order valence-electron chi connectivity index (χ4n) is 4.11. The number of nitrogens with one attached hydrogen (secondary N) is 1. The van der Waals surface area contributed by atoms with E-state index >= 15 is 0 Å². The molecule has 2 aromatic heterocycles. The molecule has 0 unspecified atom stereocenters. The highest BCUT2D eigenvalue weighted by molar-refractivity contribution is 7.99. The van der Waals surface area contributed by atoms with Crippen molar-refractivity contribution in [3.05, 3.63) is 94.8 Å². The Morgan fingerprint density at radius 3 is 2.73 bits per heavy atom. The Bertz CT molecular complexity index is 1680. The van der Waals surface area contributed by atoms with Gasteiger partial charge in [-0.05, 0) is 73.5 Å². The molecule has 2 heterocycles. The number of hydrogen-bond donors (Lipinski definition) is 1. The van der Waals surface area contributed by atoms with Crippen LogP contribution >= 0.6 is 46.3 Å². The van der Waals surface area contributed by atoms with E-state index in [2.05, 4.69) is 41.1 Å². The van der Waals surface area contributed by atoms with Gasteiger partial charge in [0.05, 0.1) is 27.6 Å². The molecular formula is C30H27Cl2N5O2S2. The minimum Gasteiger partial charge on any atom is -0.492 e. The van der Waals surface area contributed by atoms with E-state index in [9.17, 15) is 4.79 Å². The SMILES string of the molecule is C=CCn1c(CCCOc2ccc(Cl)cc2Cl)nnc1SCC(=O)Nc1ccc(-c2nc3ccc(C)cc3s2)cc1. The molecular weight excluding hydrogens is 597 g/mol. The second-order valence-electron chi connectivity index (χ2n) is 9.23. The number of allylic oxidation sites excluding steroid dienone is 1. The molecule has 0 radical (unpaired) electrons. The van der Waals surface area contributed by atoms with Crippen LogP contribution in [0.2, 0.25) is 10.0 Å². The monoisotopic (exact) mass is 623 g/mol. The molecule has 0 spiro atoms. The van der Waals surface area contributed by atoms with Gasteiger partial charge >= 0.3 is 0 Å². The van der Waals surface area contributed by atoms with Gasteiger partial charge in [-0.15, -0.1) is 28.1 Å². The van der Waals surface area contributed by atoms with E-state index < -0.39 is 0 Å². The number of benzene rings is 3. The predicted molar refractivity (Wildman–Crippen MR) is 170 cm³/mol. The van der Waals surface area contributed by atoms with Crippen molar-refractivity contribution >= 4 is 68.1 Å². The Morgan fingerprint density at radius 1 is 1.12 bits per heavy atom. The number of anilines is 1. The van der Waals surface area contributed by atoms with Crippen LogP contribution in [0.5, 0.6) is 5.75 Å². The van der Waals surface area contributed by atoms with Gasteiger partial charge in [0.15, 0.2) is 5.16 Å². The third-order valence-corrected chi connectivity index (χ3v) is 8.66. The number of nitrogens with zero attached hydrogens (tertiary/aromatic N) is 4. The van der Waals surface area contributed by atoms with E-state index in [1.54, 1.807) is 35.6 Å². The zero-order valence-electron chi connectivity index (χ0n) is 22.3. The maximum Gasteiger partial charge on any atom is 0.234 e. The quantitative estimate of drug-likeness (QED) is 0.0859. The van der Waals surface area contributed by atoms with Crippen molar-refractivity contribution in [2.75, 3.05) is 17.7 Å². The van der Waals surface area contributed by atoms with Crippen molar-refractivity contribution in [3.63, 3.8) is 0 Å². The highest BCUT2D eigenvalue weighted by atomic mass is 35.5. The van der Waals surface area contributed by atoms with Crippen molar-refractivity contribution in [1.29, 1.82) is 0 Å². The number of ether oxygens (including phenoxy) is 1. The lowest BCUT2D eigenvalue weighted by Gasteiger charge is -2.10. The fraction of sp³-hybridized carbons (Fsp3) is 0.200. The van der Waals surface area contributed by atoms with Crippen molar-refractivity contribution in [3.8, 4) is 16.3 Å². The molecule has 5 rings (SSSR count). The zero-order valence-corrected chi connectivity index (χ0v) is 25.4. The Morgan fingerprint density at radius 2 is 1.95 bits per heavy atom. The largest absolute Gasteiger partial charge is 0.492 e. The van der Waals surface area contributed by atoms with Crippen LogP contribution in [-0.4, -0.2) is 38.0 Å². The third-order valence-electron chi connectivity index (χ3n) is 6.09. The number of aryl methyl sites for hydroxylation is 2. The molecule has 0 atom stereocenters. The second kappa shape index (κ2) is 13.5. The van der Waals surface area contributed by atoms with Crippen LogP contribution in [0.1, 0.15) is 17.8 Å². The number of thioether (sulfide) groups is 1. The highest BCUT2D eigenvalue weighted by Crippen LogP contribution is 2.31. The van der Waals surface area contributed by atoms with Crippen molar-refractivity contribution in [1.82, 2.24) is 19.7 Å². The molecule has 41 heavy (non-hydrogen) atoms. The first kappa shape index (κ1) is 29.1. The van der Waals surface area contributed by atoms with Crippen LogP contribution in [0.4, 0.5) is 5.69 Å². The fourth-order valence-corrected chi connectivity index (χ4v) is 6.41. The van der Waals surface area contributed by atoms with Crippen molar-refractivity contribution < 1.29 is 9.53 Å². The second-order valence-corrected chi connectivity index (χ2v) is 12.0. The molecule has 0 aliphatic rings. The van der Waals surface area contributed by atoms with Gasteiger partial charge in [0.1, 0.15) is 16.6 Å². The van der Waals surface area contributed by atoms with Crippen LogP contribution in [0, 0.1) is 6.92 Å². The van der Waals surface area contributed by atoms with E-state index in [1.807, 2.05) is 34.9 Å². The molecule has 0 saturated carbocycles. The van der Waals surface area contributed by atoms with E-state index in [0.717, 1.165) is 32.3 Å². The number of hydrogen-bond acceptors (Lipinski definition) is 7. The van der Waals surface area contributed by atoms with Crippen molar-refractivity contribution in [2.45, 2.75) is 31.5 Å². The zero-order chi connectivity index (χ0) is 28.8. The van der Waals surface area contributed by atoms with Gasteiger partial charge in [-0.3, -0.25) is 4.79 Å². The number of amides is 1. The molecule has 3 aromatic carbocycles. The van der Waals surface area contributed by atoms with Crippen LogP contribution in [0.3, 0.4) is 0 Å². The summed E-state index contributed by atoms with van der Waals surface area (Å²) in [5, 5.41) is 14.3. The predicted octanol–water partition coefficient (Wildman–Crippen LogP) is 8.10. The lowest BCUT2D eigenvalue weighted by molar-refractivity contribution is -0.113. The Kier molecular flexibility index (Phi) is 9.61. The number of thiazole rings is 1. The molecule has 1 N–H and O–H groups in total. The first-order valence-electron chi connectivity index (χ1n) is 12.9. The number of aromatic nitrogens is 4. The molecule has 0 bridgehead atoms. The van der Waals surface area contributed by atoms with E-state index in [-0.39, 0.29) is 11.7 Å². The maximum atomic E-state index is 12.7. The van der Waals surface area contributed by atoms with Gasteiger partial charge in [0, 0.05) is 29.2 Å².